The van der Waals surface area contributed by atoms with E-state index < -0.39 is 0 Å². The molecule has 2 heterocycles. The first-order valence-corrected chi connectivity index (χ1v) is 25.6. The smallest absolute Gasteiger partial charge is 0.338 e. The lowest BCUT2D eigenvalue weighted by atomic mass is 9.85. The van der Waals surface area contributed by atoms with Crippen molar-refractivity contribution >= 4 is 17.3 Å². The summed E-state index contributed by atoms with van der Waals surface area (Å²) in [6.07, 6.45) is 14.5. The Balaban J connectivity index is 0.000000179. The number of rotatable bonds is 13. The summed E-state index contributed by atoms with van der Waals surface area (Å²) in [5, 5.41) is 2.15. The lowest BCUT2D eigenvalue weighted by Crippen LogP contribution is -2.06. The van der Waals surface area contributed by atoms with Crippen molar-refractivity contribution in [2.45, 2.75) is 158 Å². The van der Waals surface area contributed by atoms with Crippen LogP contribution < -0.4 is 0 Å². The number of oxazole rings is 1. The summed E-state index contributed by atoms with van der Waals surface area (Å²) in [5.74, 6) is 5.86. The molecule has 350 valence electrons. The third-order valence-corrected chi connectivity index (χ3v) is 13.3. The zero-order valence-electron chi connectivity index (χ0n) is 41.8. The average Bonchev–Trinajstić information content (AvgIpc) is 3.62. The summed E-state index contributed by atoms with van der Waals surface area (Å²) in [6.45, 7) is 25.0. The van der Waals surface area contributed by atoms with Gasteiger partial charge in [0, 0.05) is 10.4 Å². The molecule has 0 spiro atoms. The van der Waals surface area contributed by atoms with Gasteiger partial charge in [-0.15, -0.1) is 11.3 Å². The molecule has 0 radical (unpaired) electrons. The number of carbonyl (C=O) groups is 1. The fourth-order valence-electron chi connectivity index (χ4n) is 8.06. The van der Waals surface area contributed by atoms with Crippen molar-refractivity contribution < 1.29 is 13.9 Å². The van der Waals surface area contributed by atoms with Crippen molar-refractivity contribution in [2.24, 2.45) is 17.8 Å². The number of ether oxygens (including phenoxy) is 1. The van der Waals surface area contributed by atoms with E-state index >= 15 is 0 Å². The normalized spacial score (nSPS) is 14.8. The maximum atomic E-state index is 11.6. The third kappa shape index (κ3) is 18.6. The van der Waals surface area contributed by atoms with E-state index in [0.717, 1.165) is 47.8 Å². The fraction of sp³-hybridized carbons (Fsp3) is 0.467. The second-order valence-electron chi connectivity index (χ2n) is 19.4. The highest BCUT2D eigenvalue weighted by molar-refractivity contribution is 7.09. The van der Waals surface area contributed by atoms with Gasteiger partial charge >= 0.3 is 5.97 Å². The number of benzene rings is 4. The number of fused-ring (bicyclic) bond motifs is 1. The van der Waals surface area contributed by atoms with Gasteiger partial charge in [-0.1, -0.05) is 174 Å². The van der Waals surface area contributed by atoms with E-state index in [1.807, 2.05) is 35.6 Å². The molecule has 0 unspecified atom stereocenters. The van der Waals surface area contributed by atoms with Gasteiger partial charge in [0.25, 0.3) is 0 Å². The van der Waals surface area contributed by atoms with Gasteiger partial charge < -0.3 is 9.15 Å². The first kappa shape index (κ1) is 52.9. The molecule has 8 rings (SSSR count). The van der Waals surface area contributed by atoms with Gasteiger partial charge in [-0.05, 0) is 150 Å². The van der Waals surface area contributed by atoms with Crippen molar-refractivity contribution in [3.8, 4) is 11.3 Å². The summed E-state index contributed by atoms with van der Waals surface area (Å²) in [6, 6.07) is 38.1. The predicted octanol–water partition coefficient (Wildman–Crippen LogP) is 17.7. The molecule has 0 N–H and O–H groups in total. The lowest BCUT2D eigenvalue weighted by molar-refractivity contribution is 0.0499. The second kappa shape index (κ2) is 28.3. The minimum atomic E-state index is -0.219. The van der Waals surface area contributed by atoms with Crippen LogP contribution in [0.4, 0.5) is 0 Å². The van der Waals surface area contributed by atoms with E-state index in [1.165, 1.54) is 72.9 Å². The Bertz CT molecular complexity index is 2150. The number of aryl methyl sites for hydroxylation is 2. The Morgan fingerprint density at radius 2 is 1.40 bits per heavy atom. The predicted molar refractivity (Wildman–Crippen MR) is 279 cm³/mol. The standard InChI is InChI=1S/C14H20O2.C13H18.C12H13NO.C12H16.C9H14S/c1-4-5-10-16-14(15)13-8-6-12(7-9-13)11(2)3;1-10(2)12-9-5-7-11-6-3-4-8-13(11)12;1-9(2)10-3-5-11(6-4-10)12-7-13-8-14-12;1-9(2)11-8-12(11)10-6-4-3-5-7-10;1-8(2)5-6-9-4-3-7-10-9/h6-9,11H,4-5,10H2,1-3H3;5,7,9-10H,3-4,6,8H2,1-2H3;3-9H,1-2H3;3-7,9,11-12H,8H2,1-2H3;3-4,7-8H,5-6H2,1-2H3/t;;;11-,12-;/m...0./s1. The quantitative estimate of drug-likeness (QED) is 0.0856. The molecule has 2 aromatic heterocycles. The number of carbonyl (C=O) groups excluding carboxylic acids is 1. The Labute approximate surface area is 398 Å². The van der Waals surface area contributed by atoms with Gasteiger partial charge in [0.2, 0.25) is 0 Å². The van der Waals surface area contributed by atoms with Crippen LogP contribution in [0.1, 0.15) is 187 Å². The number of nitrogens with zero attached hydrogens (tertiary/aromatic N) is 1. The van der Waals surface area contributed by atoms with E-state index in [9.17, 15) is 4.79 Å². The fourth-order valence-corrected chi connectivity index (χ4v) is 8.78. The van der Waals surface area contributed by atoms with E-state index in [4.69, 9.17) is 9.15 Å². The van der Waals surface area contributed by atoms with Crippen LogP contribution in [0.15, 0.2) is 132 Å². The summed E-state index contributed by atoms with van der Waals surface area (Å²) in [5.41, 5.74) is 10.7. The lowest BCUT2D eigenvalue weighted by Gasteiger charge is -2.21. The summed E-state index contributed by atoms with van der Waals surface area (Å²) >= 11 is 1.86. The molecule has 65 heavy (non-hydrogen) atoms. The summed E-state index contributed by atoms with van der Waals surface area (Å²) in [4.78, 5) is 17.0. The van der Waals surface area contributed by atoms with Crippen molar-refractivity contribution in [2.75, 3.05) is 6.61 Å². The largest absolute Gasteiger partial charge is 0.462 e. The third-order valence-electron chi connectivity index (χ3n) is 12.4. The first-order valence-electron chi connectivity index (χ1n) is 24.7. The summed E-state index contributed by atoms with van der Waals surface area (Å²) in [7, 11) is 0. The average molecular weight is 896 g/mol. The molecule has 0 bridgehead atoms. The molecular formula is C60H81NO3S. The molecule has 5 heteroatoms. The van der Waals surface area contributed by atoms with E-state index in [2.05, 4.69) is 171 Å². The molecule has 0 aliphatic heterocycles. The van der Waals surface area contributed by atoms with E-state index in [-0.39, 0.29) is 5.97 Å². The Hall–Kier alpha value is -4.74. The number of thiophene rings is 1. The molecular weight excluding hydrogens is 815 g/mol. The molecule has 1 fully saturated rings. The minimum absolute atomic E-state index is 0.219. The number of unbranched alkanes of at least 4 members (excludes halogenated alkanes) is 1. The van der Waals surface area contributed by atoms with Crippen LogP contribution in [0.2, 0.25) is 0 Å². The molecule has 2 atom stereocenters. The molecule has 4 nitrogen and oxygen atoms in total. The van der Waals surface area contributed by atoms with Crippen LogP contribution >= 0.6 is 11.3 Å². The SMILES string of the molecule is CC(C)CCc1cccs1.CC(C)[C@@H]1C[C@H]1c1ccccc1.CC(C)c1ccc(-c2cnco2)cc1.CC(C)c1cccc2c1CCCC2.CCCCOC(=O)c1ccc(C(C)C)cc1. The second-order valence-corrected chi connectivity index (χ2v) is 20.5. The molecule has 4 aromatic carbocycles. The number of aromatic nitrogens is 1. The highest BCUT2D eigenvalue weighted by Crippen LogP contribution is 2.51. The Morgan fingerprint density at radius 3 is 1.94 bits per heavy atom. The molecule has 0 amide bonds. The van der Waals surface area contributed by atoms with Crippen LogP contribution in [0.3, 0.4) is 0 Å². The van der Waals surface area contributed by atoms with Gasteiger partial charge in [-0.25, -0.2) is 9.78 Å². The monoisotopic (exact) mass is 896 g/mol. The topological polar surface area (TPSA) is 52.3 Å². The highest BCUT2D eigenvalue weighted by atomic mass is 32.1. The minimum Gasteiger partial charge on any atom is -0.462 e. The van der Waals surface area contributed by atoms with Gasteiger partial charge in [-0.3, -0.25) is 0 Å². The van der Waals surface area contributed by atoms with E-state index in [1.54, 1.807) is 22.9 Å². The van der Waals surface area contributed by atoms with Gasteiger partial charge in [0.05, 0.1) is 18.4 Å². The van der Waals surface area contributed by atoms with Crippen molar-refractivity contribution in [1.82, 2.24) is 4.98 Å². The van der Waals surface area contributed by atoms with Gasteiger partial charge in [0.15, 0.2) is 12.2 Å². The Morgan fingerprint density at radius 1 is 0.738 bits per heavy atom. The first-order chi connectivity index (χ1) is 31.3. The van der Waals surface area contributed by atoms with Gasteiger partial charge in [0.1, 0.15) is 0 Å². The van der Waals surface area contributed by atoms with Crippen molar-refractivity contribution in [3.05, 3.63) is 171 Å². The van der Waals surface area contributed by atoms with Crippen molar-refractivity contribution in [3.63, 3.8) is 0 Å². The Kier molecular flexibility index (Phi) is 23.0. The zero-order chi connectivity index (χ0) is 47.1. The highest BCUT2D eigenvalue weighted by Gasteiger charge is 2.39. The molecule has 0 saturated heterocycles. The van der Waals surface area contributed by atoms with Crippen molar-refractivity contribution in [1.29, 1.82) is 0 Å². The summed E-state index contributed by atoms with van der Waals surface area (Å²) < 4.78 is 10.3. The van der Waals surface area contributed by atoms with Crippen LogP contribution in [-0.2, 0) is 24.0 Å². The number of hydrogen-bond donors (Lipinski definition) is 0. The number of esters is 1. The van der Waals surface area contributed by atoms with Crippen LogP contribution in [0.25, 0.3) is 11.3 Å². The maximum absolute atomic E-state index is 11.6. The van der Waals surface area contributed by atoms with Gasteiger partial charge in [-0.2, -0.15) is 0 Å². The number of hydrogen-bond acceptors (Lipinski definition) is 5. The van der Waals surface area contributed by atoms with Crippen LogP contribution in [0.5, 0.6) is 0 Å². The van der Waals surface area contributed by atoms with Crippen LogP contribution in [-0.4, -0.2) is 17.6 Å². The van der Waals surface area contributed by atoms with E-state index in [0.29, 0.717) is 29.9 Å². The molecule has 1 saturated carbocycles. The molecule has 2 aliphatic rings. The maximum Gasteiger partial charge on any atom is 0.338 e. The van der Waals surface area contributed by atoms with Crippen LogP contribution in [0, 0.1) is 17.8 Å². The molecule has 2 aliphatic carbocycles. The zero-order valence-corrected chi connectivity index (χ0v) is 42.6. The molecule has 6 aromatic rings.